The van der Waals surface area contributed by atoms with Crippen LogP contribution in [0.4, 0.5) is 0 Å². The van der Waals surface area contributed by atoms with Crippen molar-refractivity contribution in [2.45, 2.75) is 36.2 Å². The molecule has 2 saturated heterocycles. The van der Waals surface area contributed by atoms with E-state index < -0.39 is 0 Å². The quantitative estimate of drug-likeness (QED) is 0.736. The second kappa shape index (κ2) is 4.21. The van der Waals surface area contributed by atoms with Gasteiger partial charge in [-0.2, -0.15) is 11.8 Å². The van der Waals surface area contributed by atoms with Gasteiger partial charge < -0.3 is 0 Å². The van der Waals surface area contributed by atoms with Gasteiger partial charge >= 0.3 is 0 Å². The van der Waals surface area contributed by atoms with E-state index in [1.165, 1.54) is 12.8 Å². The Morgan fingerprint density at radius 2 is 2.00 bits per heavy atom. The van der Waals surface area contributed by atoms with Crippen molar-refractivity contribution in [3.63, 3.8) is 0 Å². The van der Waals surface area contributed by atoms with Crippen LogP contribution in [0.25, 0.3) is 0 Å². The third-order valence-corrected chi connectivity index (χ3v) is 5.20. The summed E-state index contributed by atoms with van der Waals surface area (Å²) >= 11 is 2.10. The van der Waals surface area contributed by atoms with Crippen molar-refractivity contribution in [3.05, 3.63) is 30.1 Å². The minimum Gasteiger partial charge on any atom is -0.292 e. The third-order valence-electron chi connectivity index (χ3n) is 3.58. The van der Waals surface area contributed by atoms with Crippen LogP contribution in [-0.2, 0) is 0 Å². The second-order valence-electron chi connectivity index (χ2n) is 4.71. The zero-order valence-corrected chi connectivity index (χ0v) is 9.95. The van der Waals surface area contributed by atoms with E-state index in [1.54, 1.807) is 6.20 Å². The maximum atomic E-state index is 12.2. The average molecular weight is 233 g/mol. The number of fused-ring (bicyclic) bond motifs is 2. The molecule has 1 aromatic rings. The molecule has 2 atom stereocenters. The fourth-order valence-electron chi connectivity index (χ4n) is 2.79. The van der Waals surface area contributed by atoms with Crippen molar-refractivity contribution >= 4 is 17.5 Å². The summed E-state index contributed by atoms with van der Waals surface area (Å²) in [6.07, 6.45) is 6.45. The SMILES string of the molecule is O=C(c1ccccn1)C1CC2CCC(C1)S2. The lowest BCUT2D eigenvalue weighted by molar-refractivity contribution is 0.0901. The van der Waals surface area contributed by atoms with E-state index in [1.807, 2.05) is 18.2 Å². The lowest BCUT2D eigenvalue weighted by Gasteiger charge is -2.25. The Morgan fingerprint density at radius 3 is 2.62 bits per heavy atom. The van der Waals surface area contributed by atoms with Gasteiger partial charge in [-0.15, -0.1) is 0 Å². The minimum absolute atomic E-state index is 0.230. The smallest absolute Gasteiger partial charge is 0.184 e. The Bertz CT molecular complexity index is 380. The first-order chi connectivity index (χ1) is 7.83. The first-order valence-electron chi connectivity index (χ1n) is 5.93. The average Bonchev–Trinajstić information content (AvgIpc) is 2.68. The fraction of sp³-hybridized carbons (Fsp3) is 0.538. The van der Waals surface area contributed by atoms with Crippen LogP contribution in [0.2, 0.25) is 0 Å². The van der Waals surface area contributed by atoms with E-state index >= 15 is 0 Å². The summed E-state index contributed by atoms with van der Waals surface area (Å²) in [7, 11) is 0. The number of carbonyl (C=O) groups excluding carboxylic acids is 1. The van der Waals surface area contributed by atoms with Crippen molar-refractivity contribution in [2.75, 3.05) is 0 Å². The zero-order chi connectivity index (χ0) is 11.0. The van der Waals surface area contributed by atoms with E-state index in [2.05, 4.69) is 16.7 Å². The van der Waals surface area contributed by atoms with E-state index in [-0.39, 0.29) is 11.7 Å². The number of carbonyl (C=O) groups is 1. The van der Waals surface area contributed by atoms with E-state index in [9.17, 15) is 4.79 Å². The molecule has 84 valence electrons. The lowest BCUT2D eigenvalue weighted by atomic mass is 9.92. The van der Waals surface area contributed by atoms with Crippen molar-refractivity contribution in [1.82, 2.24) is 4.98 Å². The van der Waals surface area contributed by atoms with E-state index in [0.29, 0.717) is 5.69 Å². The summed E-state index contributed by atoms with van der Waals surface area (Å²) in [5, 5.41) is 1.47. The molecule has 3 heteroatoms. The highest BCUT2D eigenvalue weighted by atomic mass is 32.2. The van der Waals surface area contributed by atoms with Gasteiger partial charge in [0.1, 0.15) is 5.69 Å². The number of aromatic nitrogens is 1. The summed E-state index contributed by atoms with van der Waals surface area (Å²) in [4.78, 5) is 16.4. The maximum absolute atomic E-state index is 12.2. The Labute approximate surface area is 99.8 Å². The molecule has 2 nitrogen and oxygen atoms in total. The molecule has 0 saturated carbocycles. The van der Waals surface area contributed by atoms with Crippen LogP contribution in [-0.4, -0.2) is 21.3 Å². The van der Waals surface area contributed by atoms with Crippen molar-refractivity contribution in [3.8, 4) is 0 Å². The van der Waals surface area contributed by atoms with Crippen molar-refractivity contribution in [1.29, 1.82) is 0 Å². The highest BCUT2D eigenvalue weighted by Gasteiger charge is 2.38. The Morgan fingerprint density at radius 1 is 1.25 bits per heavy atom. The number of pyridine rings is 1. The van der Waals surface area contributed by atoms with Gasteiger partial charge in [0.15, 0.2) is 5.78 Å². The van der Waals surface area contributed by atoms with Gasteiger partial charge in [0, 0.05) is 22.6 Å². The van der Waals surface area contributed by atoms with Crippen LogP contribution >= 0.6 is 11.8 Å². The Balaban J connectivity index is 1.76. The molecule has 16 heavy (non-hydrogen) atoms. The molecular formula is C13H15NOS. The Kier molecular flexibility index (Phi) is 2.72. The van der Waals surface area contributed by atoms with Gasteiger partial charge in [0.05, 0.1) is 0 Å². The summed E-state index contributed by atoms with van der Waals surface area (Å²) in [5.41, 5.74) is 0.652. The summed E-state index contributed by atoms with van der Waals surface area (Å²) in [5.74, 6) is 0.492. The molecular weight excluding hydrogens is 218 g/mol. The summed E-state index contributed by atoms with van der Waals surface area (Å²) in [6, 6.07) is 5.59. The van der Waals surface area contributed by atoms with Gasteiger partial charge in [-0.05, 0) is 37.8 Å². The molecule has 3 rings (SSSR count). The molecule has 2 aliphatic heterocycles. The first kappa shape index (κ1) is 10.3. The highest BCUT2D eigenvalue weighted by Crippen LogP contribution is 2.46. The molecule has 0 N–H and O–H groups in total. The van der Waals surface area contributed by atoms with Crippen LogP contribution in [0, 0.1) is 5.92 Å². The van der Waals surface area contributed by atoms with Crippen molar-refractivity contribution in [2.24, 2.45) is 5.92 Å². The second-order valence-corrected chi connectivity index (χ2v) is 6.31. The zero-order valence-electron chi connectivity index (χ0n) is 9.13. The van der Waals surface area contributed by atoms with Crippen LogP contribution < -0.4 is 0 Å². The normalized spacial score (nSPS) is 32.6. The number of rotatable bonds is 2. The van der Waals surface area contributed by atoms with Crippen molar-refractivity contribution < 1.29 is 4.79 Å². The van der Waals surface area contributed by atoms with Gasteiger partial charge in [-0.1, -0.05) is 6.07 Å². The molecule has 3 heterocycles. The molecule has 0 radical (unpaired) electrons. The highest BCUT2D eigenvalue weighted by molar-refractivity contribution is 8.00. The summed E-state index contributed by atoms with van der Waals surface area (Å²) < 4.78 is 0. The number of hydrogen-bond acceptors (Lipinski definition) is 3. The number of hydrogen-bond donors (Lipinski definition) is 0. The maximum Gasteiger partial charge on any atom is 0.184 e. The van der Waals surface area contributed by atoms with Gasteiger partial charge in [-0.25, -0.2) is 0 Å². The third kappa shape index (κ3) is 1.88. The molecule has 1 aromatic heterocycles. The standard InChI is InChI=1S/C13H15NOS/c15-13(12-3-1-2-6-14-12)9-7-10-4-5-11(8-9)16-10/h1-3,6,9-11H,4-5,7-8H2. The van der Waals surface area contributed by atoms with Gasteiger partial charge in [0.2, 0.25) is 0 Å². The molecule has 0 aromatic carbocycles. The summed E-state index contributed by atoms with van der Waals surface area (Å²) in [6.45, 7) is 0. The largest absolute Gasteiger partial charge is 0.292 e. The molecule has 2 bridgehead atoms. The van der Waals surface area contributed by atoms with Crippen LogP contribution in [0.5, 0.6) is 0 Å². The Hall–Kier alpha value is -0.830. The number of nitrogens with zero attached hydrogens (tertiary/aromatic N) is 1. The van der Waals surface area contributed by atoms with Gasteiger partial charge in [0.25, 0.3) is 0 Å². The van der Waals surface area contributed by atoms with E-state index in [4.69, 9.17) is 0 Å². The molecule has 2 unspecified atom stereocenters. The van der Waals surface area contributed by atoms with E-state index in [0.717, 1.165) is 23.3 Å². The molecule has 2 aliphatic rings. The predicted molar refractivity (Wildman–Crippen MR) is 65.7 cm³/mol. The van der Waals surface area contributed by atoms with Crippen LogP contribution in [0.3, 0.4) is 0 Å². The minimum atomic E-state index is 0.230. The molecule has 0 aliphatic carbocycles. The number of Topliss-reactive ketones (excluding diaryl/α,β-unsaturated/α-hetero) is 1. The van der Waals surface area contributed by atoms with Crippen LogP contribution in [0.1, 0.15) is 36.2 Å². The van der Waals surface area contributed by atoms with Gasteiger partial charge in [-0.3, -0.25) is 9.78 Å². The predicted octanol–water partition coefficient (Wildman–Crippen LogP) is 2.94. The molecule has 0 amide bonds. The van der Waals surface area contributed by atoms with Crippen LogP contribution in [0.15, 0.2) is 24.4 Å². The molecule has 0 spiro atoms. The first-order valence-corrected chi connectivity index (χ1v) is 6.88. The topological polar surface area (TPSA) is 30.0 Å². The molecule has 2 fully saturated rings. The fourth-order valence-corrected chi connectivity index (χ4v) is 4.56. The number of ketones is 1. The monoisotopic (exact) mass is 233 g/mol. The lowest BCUT2D eigenvalue weighted by Crippen LogP contribution is -2.25. The number of thioether (sulfide) groups is 1.